The van der Waals surface area contributed by atoms with Gasteiger partial charge >= 0.3 is 0 Å². The first kappa shape index (κ1) is 45.0. The molecule has 0 saturated carbocycles. The first-order chi connectivity index (χ1) is 22.9. The van der Waals surface area contributed by atoms with Gasteiger partial charge in [0.1, 0.15) is 0 Å². The number of hydrogen-bond acceptors (Lipinski definition) is 7. The molecular formula is C36H68N6O6. The number of carbonyl (C=O) groups excluding carboxylic acids is 5. The van der Waals surface area contributed by atoms with E-state index in [0.717, 1.165) is 19.3 Å². The van der Waals surface area contributed by atoms with Crippen LogP contribution in [0.15, 0.2) is 4.99 Å². The van der Waals surface area contributed by atoms with Crippen LogP contribution >= 0.6 is 0 Å². The molecule has 0 bridgehead atoms. The van der Waals surface area contributed by atoms with E-state index >= 15 is 0 Å². The minimum Gasteiger partial charge on any atom is -0.396 e. The fourth-order valence-electron chi connectivity index (χ4n) is 5.72. The van der Waals surface area contributed by atoms with Crippen molar-refractivity contribution in [3.8, 4) is 0 Å². The van der Waals surface area contributed by atoms with Crippen LogP contribution in [-0.4, -0.2) is 73.1 Å². The summed E-state index contributed by atoms with van der Waals surface area (Å²) in [6.07, 6.45) is 16.9. The van der Waals surface area contributed by atoms with Gasteiger partial charge in [-0.2, -0.15) is 0 Å². The zero-order valence-corrected chi connectivity index (χ0v) is 30.5. The molecule has 48 heavy (non-hydrogen) atoms. The van der Waals surface area contributed by atoms with Crippen molar-refractivity contribution in [2.45, 2.75) is 149 Å². The van der Waals surface area contributed by atoms with Gasteiger partial charge in [0.25, 0.3) is 0 Å². The fraction of sp³-hybridized carbons (Fsp3) is 0.833. The second-order valence-corrected chi connectivity index (χ2v) is 13.5. The average molecular weight is 681 g/mol. The van der Waals surface area contributed by atoms with Crippen molar-refractivity contribution in [1.29, 1.82) is 0 Å². The Morgan fingerprint density at radius 2 is 1.31 bits per heavy atom. The molecule has 12 heteroatoms. The van der Waals surface area contributed by atoms with E-state index in [-0.39, 0.29) is 61.8 Å². The Labute approximate surface area is 289 Å². The minimum absolute atomic E-state index is 0.0703. The van der Waals surface area contributed by atoms with Gasteiger partial charge in [-0.25, -0.2) is 0 Å². The van der Waals surface area contributed by atoms with Crippen LogP contribution in [0.2, 0.25) is 0 Å². The zero-order chi connectivity index (χ0) is 36.2. The van der Waals surface area contributed by atoms with Gasteiger partial charge in [-0.3, -0.25) is 29.0 Å². The average Bonchev–Trinajstić information content (AvgIpc) is 3.04. The number of ketones is 2. The van der Waals surface area contributed by atoms with Crippen LogP contribution in [0.3, 0.4) is 0 Å². The topological polar surface area (TPSA) is 206 Å². The monoisotopic (exact) mass is 681 g/mol. The molecule has 0 fully saturated rings. The van der Waals surface area contributed by atoms with Gasteiger partial charge in [-0.1, -0.05) is 97.8 Å². The molecule has 0 unspecified atom stereocenters. The summed E-state index contributed by atoms with van der Waals surface area (Å²) in [4.78, 5) is 67.6. The first-order valence-corrected chi connectivity index (χ1v) is 18.4. The van der Waals surface area contributed by atoms with Crippen LogP contribution in [0, 0.1) is 17.8 Å². The van der Waals surface area contributed by atoms with Gasteiger partial charge in [0.15, 0.2) is 17.5 Å². The lowest BCUT2D eigenvalue weighted by Gasteiger charge is -2.23. The van der Waals surface area contributed by atoms with E-state index in [2.05, 4.69) is 27.9 Å². The van der Waals surface area contributed by atoms with Crippen LogP contribution in [0.1, 0.15) is 143 Å². The van der Waals surface area contributed by atoms with E-state index in [9.17, 15) is 29.1 Å². The number of aliphatic hydroxyl groups excluding tert-OH is 1. The fourth-order valence-corrected chi connectivity index (χ4v) is 5.72. The highest BCUT2D eigenvalue weighted by Gasteiger charge is 2.30. The Hall–Kier alpha value is -3.02. The molecule has 0 heterocycles. The normalized spacial score (nSPS) is 13.0. The van der Waals surface area contributed by atoms with E-state index in [1.807, 2.05) is 13.8 Å². The van der Waals surface area contributed by atoms with Crippen LogP contribution in [0.5, 0.6) is 0 Å². The molecule has 0 aliphatic heterocycles. The molecule has 3 atom stereocenters. The molecule has 12 nitrogen and oxygen atoms in total. The molecule has 278 valence electrons. The van der Waals surface area contributed by atoms with Crippen LogP contribution in [0.25, 0.3) is 0 Å². The number of guanidine groups is 1. The lowest BCUT2D eigenvalue weighted by atomic mass is 9.88. The van der Waals surface area contributed by atoms with E-state index < -0.39 is 36.2 Å². The van der Waals surface area contributed by atoms with Crippen molar-refractivity contribution < 1.29 is 29.1 Å². The highest BCUT2D eigenvalue weighted by molar-refractivity contribution is 5.94. The number of nitrogens with two attached hydrogens (primary N) is 2. The Bertz CT molecular complexity index is 953. The smallest absolute Gasteiger partial charge is 0.226 e. The van der Waals surface area contributed by atoms with Crippen molar-refractivity contribution in [2.75, 3.05) is 26.7 Å². The highest BCUT2D eigenvalue weighted by atomic mass is 16.3. The van der Waals surface area contributed by atoms with Crippen molar-refractivity contribution >= 4 is 35.2 Å². The first-order valence-electron chi connectivity index (χ1n) is 18.4. The second kappa shape index (κ2) is 28.9. The summed E-state index contributed by atoms with van der Waals surface area (Å²) in [6, 6.07) is -0.949. The molecule has 0 radical (unpaired) electrons. The summed E-state index contributed by atoms with van der Waals surface area (Å²) in [7, 11) is 1.51. The number of aliphatic hydroxyl groups is 1. The maximum atomic E-state index is 13.3. The molecule has 3 amide bonds. The Balaban J connectivity index is 4.69. The van der Waals surface area contributed by atoms with Gasteiger partial charge in [0, 0.05) is 38.8 Å². The number of aliphatic imine (C=N–C) groups is 1. The highest BCUT2D eigenvalue weighted by Crippen LogP contribution is 2.19. The standard InChI is InChI=1S/C36H68N6O6/c1-5-6-7-8-9-10-11-12-13-14-15-16-17-20-33(46)41-25-30(44)23-29(26-43)35(48)42-31(19-18-21-40-36(37)38)32(45)24-28(22-27(2)3)34(47)39-4/h27-29,31,43H,5-26H2,1-4H3,(H,39,47)(H,41,46)(H,42,48)(H4,37,38,40)/t28-,29+,31+/m1/s1. The summed E-state index contributed by atoms with van der Waals surface area (Å²) in [5.74, 6) is -3.39. The zero-order valence-electron chi connectivity index (χ0n) is 30.5. The van der Waals surface area contributed by atoms with Gasteiger partial charge in [0.2, 0.25) is 17.7 Å². The maximum Gasteiger partial charge on any atom is 0.226 e. The van der Waals surface area contributed by atoms with E-state index in [4.69, 9.17) is 11.5 Å². The quantitative estimate of drug-likeness (QED) is 0.0357. The van der Waals surface area contributed by atoms with Gasteiger partial charge in [-0.05, 0) is 31.6 Å². The number of unbranched alkanes of at least 4 members (excludes halogenated alkanes) is 12. The third-order valence-corrected chi connectivity index (χ3v) is 8.53. The van der Waals surface area contributed by atoms with Crippen LogP contribution < -0.4 is 27.4 Å². The molecule has 0 aliphatic rings. The van der Waals surface area contributed by atoms with Crippen molar-refractivity contribution in [3.05, 3.63) is 0 Å². The van der Waals surface area contributed by atoms with Crippen molar-refractivity contribution in [3.63, 3.8) is 0 Å². The summed E-state index contributed by atoms with van der Waals surface area (Å²) >= 11 is 0. The summed E-state index contributed by atoms with van der Waals surface area (Å²) in [6.45, 7) is 5.56. The number of carbonyl (C=O) groups is 5. The minimum atomic E-state index is -1.09. The predicted octanol–water partition coefficient (Wildman–Crippen LogP) is 4.06. The van der Waals surface area contributed by atoms with Crippen LogP contribution in [0.4, 0.5) is 0 Å². The number of nitrogens with zero attached hydrogens (tertiary/aromatic N) is 1. The lowest BCUT2D eigenvalue weighted by Crippen LogP contribution is -2.46. The Morgan fingerprint density at radius 1 is 0.750 bits per heavy atom. The predicted molar refractivity (Wildman–Crippen MR) is 192 cm³/mol. The molecule has 8 N–H and O–H groups in total. The number of nitrogens with one attached hydrogen (secondary N) is 3. The molecule has 0 aromatic carbocycles. The van der Waals surface area contributed by atoms with E-state index in [0.29, 0.717) is 19.3 Å². The largest absolute Gasteiger partial charge is 0.396 e. The molecule has 0 aromatic rings. The van der Waals surface area contributed by atoms with Gasteiger partial charge < -0.3 is 32.5 Å². The molecule has 0 rings (SSSR count). The van der Waals surface area contributed by atoms with Crippen molar-refractivity contribution in [2.24, 2.45) is 34.2 Å². The molecule has 0 spiro atoms. The van der Waals surface area contributed by atoms with Gasteiger partial charge in [0.05, 0.1) is 25.1 Å². The summed E-state index contributed by atoms with van der Waals surface area (Å²) < 4.78 is 0. The number of rotatable bonds is 31. The third kappa shape index (κ3) is 24.2. The third-order valence-electron chi connectivity index (χ3n) is 8.53. The second-order valence-electron chi connectivity index (χ2n) is 13.5. The molecule has 0 aromatic heterocycles. The van der Waals surface area contributed by atoms with E-state index in [1.54, 1.807) is 0 Å². The Morgan fingerprint density at radius 3 is 1.81 bits per heavy atom. The summed E-state index contributed by atoms with van der Waals surface area (Å²) in [5.41, 5.74) is 10.8. The molecular weight excluding hydrogens is 612 g/mol. The Kier molecular flexibility index (Phi) is 27.1. The van der Waals surface area contributed by atoms with Gasteiger partial charge in [-0.15, -0.1) is 0 Å². The van der Waals surface area contributed by atoms with Crippen LogP contribution in [-0.2, 0) is 24.0 Å². The lowest BCUT2D eigenvalue weighted by molar-refractivity contribution is -0.135. The van der Waals surface area contributed by atoms with Crippen molar-refractivity contribution in [1.82, 2.24) is 16.0 Å². The summed E-state index contributed by atoms with van der Waals surface area (Å²) in [5, 5.41) is 17.8. The maximum absolute atomic E-state index is 13.3. The number of Topliss-reactive ketones (excluding diaryl/α,β-unsaturated/α-hetero) is 2. The number of amides is 3. The SMILES string of the molecule is CCCCCCCCCCCCCCCC(=O)NCC(=O)C[C@@H](CO)C(=O)N[C@@H](CCCN=C(N)N)C(=O)C[C@@H](CC(C)C)C(=O)NC. The van der Waals surface area contributed by atoms with E-state index in [1.165, 1.54) is 71.3 Å². The molecule has 0 aliphatic carbocycles. The number of hydrogen-bond donors (Lipinski definition) is 6. The molecule has 0 saturated heterocycles.